The summed E-state index contributed by atoms with van der Waals surface area (Å²) in [6, 6.07) is 5.99. The molecule has 0 radical (unpaired) electrons. The van der Waals surface area contributed by atoms with E-state index >= 15 is 0 Å². The molecule has 1 aromatic carbocycles. The molecule has 118 valence electrons. The molecule has 8 heteroatoms. The number of fused-ring (bicyclic) bond motifs is 1. The van der Waals surface area contributed by atoms with E-state index in [0.717, 1.165) is 0 Å². The van der Waals surface area contributed by atoms with Crippen molar-refractivity contribution in [2.24, 2.45) is 0 Å². The zero-order chi connectivity index (χ0) is 16.6. The van der Waals surface area contributed by atoms with Crippen LogP contribution in [0.1, 0.15) is 16.2 Å². The lowest BCUT2D eigenvalue weighted by atomic mass is 10.2. The van der Waals surface area contributed by atoms with Crippen molar-refractivity contribution in [2.45, 2.75) is 6.54 Å². The molecule has 3 rings (SSSR count). The summed E-state index contributed by atoms with van der Waals surface area (Å²) in [7, 11) is 1.53. The molecule has 5 nitrogen and oxygen atoms in total. The minimum absolute atomic E-state index is 0.0327. The van der Waals surface area contributed by atoms with Crippen molar-refractivity contribution < 1.29 is 9.18 Å². The standard InChI is InChI=1S/C15H11BrFN3O2S/c1-20(15(22)9-3-2-8(16)6-10(9)17)7-12-18-11-4-5-23-13(11)14(21)19-12/h2-6H,7H2,1H3,(H,18,19,21). The van der Waals surface area contributed by atoms with E-state index in [1.165, 1.54) is 35.4 Å². The molecular weight excluding hydrogens is 385 g/mol. The Morgan fingerprint density at radius 2 is 2.22 bits per heavy atom. The van der Waals surface area contributed by atoms with E-state index in [0.29, 0.717) is 20.5 Å². The van der Waals surface area contributed by atoms with Crippen molar-refractivity contribution >= 4 is 43.4 Å². The van der Waals surface area contributed by atoms with Gasteiger partial charge in [-0.05, 0) is 29.6 Å². The predicted octanol–water partition coefficient (Wildman–Crippen LogP) is 3.16. The zero-order valence-corrected chi connectivity index (χ0v) is 14.4. The lowest BCUT2D eigenvalue weighted by Crippen LogP contribution is -2.29. The first-order valence-corrected chi connectivity index (χ1v) is 8.30. The Morgan fingerprint density at radius 3 is 2.96 bits per heavy atom. The second-order valence-corrected chi connectivity index (χ2v) is 6.76. The van der Waals surface area contributed by atoms with Crippen LogP contribution in [0.25, 0.3) is 10.2 Å². The zero-order valence-electron chi connectivity index (χ0n) is 12.0. The fraction of sp³-hybridized carbons (Fsp3) is 0.133. The maximum Gasteiger partial charge on any atom is 0.268 e. The molecule has 0 fully saturated rings. The van der Waals surface area contributed by atoms with Crippen LogP contribution < -0.4 is 5.56 Å². The molecule has 0 unspecified atom stereocenters. The molecule has 3 aromatic rings. The van der Waals surface area contributed by atoms with Crippen molar-refractivity contribution in [3.63, 3.8) is 0 Å². The van der Waals surface area contributed by atoms with Crippen LogP contribution in [0.4, 0.5) is 4.39 Å². The van der Waals surface area contributed by atoms with Gasteiger partial charge in [0.1, 0.15) is 16.3 Å². The SMILES string of the molecule is CN(Cc1nc2ccsc2c(=O)[nH]1)C(=O)c1ccc(Br)cc1F. The highest BCUT2D eigenvalue weighted by Gasteiger charge is 2.18. The molecule has 23 heavy (non-hydrogen) atoms. The number of carbonyl (C=O) groups excluding carboxylic acids is 1. The highest BCUT2D eigenvalue weighted by molar-refractivity contribution is 9.10. The van der Waals surface area contributed by atoms with Gasteiger partial charge in [-0.25, -0.2) is 9.37 Å². The van der Waals surface area contributed by atoms with Crippen molar-refractivity contribution in [2.75, 3.05) is 7.05 Å². The van der Waals surface area contributed by atoms with E-state index in [4.69, 9.17) is 0 Å². The third kappa shape index (κ3) is 3.18. The first-order valence-electron chi connectivity index (χ1n) is 6.62. The molecule has 0 saturated heterocycles. The lowest BCUT2D eigenvalue weighted by Gasteiger charge is -2.17. The molecule has 0 aliphatic rings. The number of aromatic amines is 1. The van der Waals surface area contributed by atoms with Crippen LogP contribution in [0, 0.1) is 5.82 Å². The smallest absolute Gasteiger partial charge is 0.268 e. The Labute approximate surface area is 142 Å². The summed E-state index contributed by atoms with van der Waals surface area (Å²) in [5.74, 6) is -0.733. The van der Waals surface area contributed by atoms with Gasteiger partial charge in [-0.3, -0.25) is 9.59 Å². The topological polar surface area (TPSA) is 66.1 Å². The fourth-order valence-corrected chi connectivity index (χ4v) is 3.22. The van der Waals surface area contributed by atoms with Crippen LogP contribution in [-0.4, -0.2) is 27.8 Å². The predicted molar refractivity (Wildman–Crippen MR) is 90.1 cm³/mol. The number of amides is 1. The Bertz CT molecular complexity index is 953. The molecule has 0 aliphatic carbocycles. The average molecular weight is 396 g/mol. The summed E-state index contributed by atoms with van der Waals surface area (Å²) in [5.41, 5.74) is 0.315. The summed E-state index contributed by atoms with van der Waals surface area (Å²) < 4.78 is 15.0. The van der Waals surface area contributed by atoms with Gasteiger partial charge in [0.2, 0.25) is 0 Å². The number of halogens is 2. The molecule has 1 N–H and O–H groups in total. The van der Waals surface area contributed by atoms with Crippen LogP contribution in [0.15, 0.2) is 38.9 Å². The maximum atomic E-state index is 13.9. The lowest BCUT2D eigenvalue weighted by molar-refractivity contribution is 0.0777. The Kier molecular flexibility index (Phi) is 4.27. The van der Waals surface area contributed by atoms with Crippen molar-refractivity contribution in [3.05, 3.63) is 61.7 Å². The van der Waals surface area contributed by atoms with Crippen molar-refractivity contribution in [3.8, 4) is 0 Å². The van der Waals surface area contributed by atoms with Gasteiger partial charge < -0.3 is 9.88 Å². The maximum absolute atomic E-state index is 13.9. The summed E-state index contributed by atoms with van der Waals surface area (Å²) in [5, 5.41) is 1.78. The molecule has 0 aliphatic heterocycles. The number of benzene rings is 1. The number of hydrogen-bond acceptors (Lipinski definition) is 4. The van der Waals surface area contributed by atoms with E-state index < -0.39 is 11.7 Å². The number of rotatable bonds is 3. The minimum atomic E-state index is -0.606. The number of hydrogen-bond donors (Lipinski definition) is 1. The number of aromatic nitrogens is 2. The monoisotopic (exact) mass is 395 g/mol. The van der Waals surface area contributed by atoms with Gasteiger partial charge in [-0.2, -0.15) is 0 Å². The van der Waals surface area contributed by atoms with E-state index in [9.17, 15) is 14.0 Å². The van der Waals surface area contributed by atoms with Crippen LogP contribution in [0.5, 0.6) is 0 Å². The van der Waals surface area contributed by atoms with Gasteiger partial charge in [0.25, 0.3) is 11.5 Å². The van der Waals surface area contributed by atoms with Crippen LogP contribution in [-0.2, 0) is 6.54 Å². The highest BCUT2D eigenvalue weighted by atomic mass is 79.9. The van der Waals surface area contributed by atoms with Gasteiger partial charge in [0.15, 0.2) is 0 Å². The van der Waals surface area contributed by atoms with Crippen molar-refractivity contribution in [1.82, 2.24) is 14.9 Å². The van der Waals surface area contributed by atoms with Crippen LogP contribution >= 0.6 is 27.3 Å². The van der Waals surface area contributed by atoms with Gasteiger partial charge in [-0.1, -0.05) is 15.9 Å². The van der Waals surface area contributed by atoms with Gasteiger partial charge >= 0.3 is 0 Å². The third-order valence-electron chi connectivity index (χ3n) is 3.26. The number of nitrogens with one attached hydrogen (secondary N) is 1. The van der Waals surface area contributed by atoms with E-state index in [1.807, 2.05) is 0 Å². The first kappa shape index (κ1) is 15.8. The number of nitrogens with zero attached hydrogens (tertiary/aromatic N) is 2. The molecule has 0 atom stereocenters. The molecule has 2 aromatic heterocycles. The third-order valence-corrected chi connectivity index (χ3v) is 4.65. The summed E-state index contributed by atoms with van der Waals surface area (Å²) in [6.45, 7) is 0.0787. The van der Waals surface area contributed by atoms with E-state index in [2.05, 4.69) is 25.9 Å². The number of H-pyrrole nitrogens is 1. The Balaban J connectivity index is 1.86. The molecule has 1 amide bonds. The van der Waals surface area contributed by atoms with Crippen LogP contribution in [0.2, 0.25) is 0 Å². The second kappa shape index (κ2) is 6.21. The molecule has 0 saturated carbocycles. The number of thiophene rings is 1. The van der Waals surface area contributed by atoms with Crippen LogP contribution in [0.3, 0.4) is 0 Å². The normalized spacial score (nSPS) is 10.9. The van der Waals surface area contributed by atoms with E-state index in [1.54, 1.807) is 17.5 Å². The van der Waals surface area contributed by atoms with Gasteiger partial charge in [0, 0.05) is 11.5 Å². The summed E-state index contributed by atoms with van der Waals surface area (Å²) >= 11 is 4.46. The fourth-order valence-electron chi connectivity index (χ4n) is 2.16. The molecular formula is C15H11BrFN3O2S. The highest BCUT2D eigenvalue weighted by Crippen LogP contribution is 2.18. The van der Waals surface area contributed by atoms with Crippen molar-refractivity contribution in [1.29, 1.82) is 0 Å². The molecule has 0 spiro atoms. The first-order chi connectivity index (χ1) is 11.0. The number of carbonyl (C=O) groups is 1. The Morgan fingerprint density at radius 1 is 1.43 bits per heavy atom. The molecule has 0 bridgehead atoms. The minimum Gasteiger partial charge on any atom is -0.334 e. The van der Waals surface area contributed by atoms with Gasteiger partial charge in [-0.15, -0.1) is 11.3 Å². The summed E-state index contributed by atoms with van der Waals surface area (Å²) in [6.07, 6.45) is 0. The Hall–Kier alpha value is -2.06. The quantitative estimate of drug-likeness (QED) is 0.740. The van der Waals surface area contributed by atoms with Gasteiger partial charge in [0.05, 0.1) is 17.6 Å². The van der Waals surface area contributed by atoms with E-state index in [-0.39, 0.29) is 17.7 Å². The molecule has 2 heterocycles. The summed E-state index contributed by atoms with van der Waals surface area (Å²) in [4.78, 5) is 32.5. The largest absolute Gasteiger partial charge is 0.334 e. The average Bonchev–Trinajstić information content (AvgIpc) is 2.95. The second-order valence-electron chi connectivity index (χ2n) is 4.93.